The lowest BCUT2D eigenvalue weighted by molar-refractivity contribution is -0.148. The van der Waals surface area contributed by atoms with E-state index in [2.05, 4.69) is 14.8 Å². The molecule has 1 rings (SSSR count). The molecule has 6 nitrogen and oxygen atoms in total. The summed E-state index contributed by atoms with van der Waals surface area (Å²) in [4.78, 5) is 22.5. The van der Waals surface area contributed by atoms with Gasteiger partial charge in [0.25, 0.3) is 5.91 Å². The molecular weight excluding hydrogens is 295 g/mol. The lowest BCUT2D eigenvalue weighted by Crippen LogP contribution is -2.38. The number of carbonyl (C=O) groups excluding carboxylic acids is 1. The van der Waals surface area contributed by atoms with E-state index in [0.29, 0.717) is 6.07 Å². The monoisotopic (exact) mass is 307 g/mol. The molecule has 1 aromatic carbocycles. The number of aliphatic carboxylic acids is 1. The fourth-order valence-corrected chi connectivity index (χ4v) is 1.43. The number of rotatable bonds is 7. The Labute approximate surface area is 117 Å². The van der Waals surface area contributed by atoms with Crippen molar-refractivity contribution in [1.29, 1.82) is 0 Å². The smallest absolute Gasteiger partial charge is 0.387 e. The maximum absolute atomic E-state index is 13.0. The van der Waals surface area contributed by atoms with Crippen molar-refractivity contribution in [2.45, 2.75) is 12.7 Å². The quantitative estimate of drug-likeness (QED) is 0.792. The van der Waals surface area contributed by atoms with Gasteiger partial charge >= 0.3 is 12.6 Å². The number of amides is 1. The van der Waals surface area contributed by atoms with Gasteiger partial charge in [0.2, 0.25) is 0 Å². The van der Waals surface area contributed by atoms with E-state index in [1.54, 1.807) is 0 Å². The second kappa shape index (κ2) is 7.48. The van der Waals surface area contributed by atoms with Gasteiger partial charge in [-0.1, -0.05) is 0 Å². The summed E-state index contributed by atoms with van der Waals surface area (Å²) in [6.45, 7) is -3.63. The summed E-state index contributed by atoms with van der Waals surface area (Å²) >= 11 is 0. The molecule has 21 heavy (non-hydrogen) atoms. The number of hydrogen-bond donors (Lipinski definition) is 2. The lowest BCUT2D eigenvalue weighted by atomic mass is 10.2. The first-order valence-corrected chi connectivity index (χ1v) is 5.63. The molecule has 9 heteroatoms. The minimum absolute atomic E-state index is 0.350. The van der Waals surface area contributed by atoms with E-state index >= 15 is 0 Å². The third-order valence-electron chi connectivity index (χ3n) is 2.41. The fourth-order valence-electron chi connectivity index (χ4n) is 1.43. The molecule has 0 radical (unpaired) electrons. The number of carboxylic acid groups (broad SMARTS) is 1. The third kappa shape index (κ3) is 4.95. The van der Waals surface area contributed by atoms with Crippen LogP contribution in [0.4, 0.5) is 13.2 Å². The SMILES string of the molecule is COC(CNC(=O)c1ccc(F)cc1OC(F)F)C(=O)O. The van der Waals surface area contributed by atoms with E-state index in [9.17, 15) is 22.8 Å². The number of carboxylic acids is 1. The van der Waals surface area contributed by atoms with Gasteiger partial charge in [-0.15, -0.1) is 0 Å². The lowest BCUT2D eigenvalue weighted by Gasteiger charge is -2.13. The molecule has 0 aliphatic heterocycles. The maximum Gasteiger partial charge on any atom is 0.387 e. The van der Waals surface area contributed by atoms with Gasteiger partial charge in [0.05, 0.1) is 12.1 Å². The van der Waals surface area contributed by atoms with Crippen LogP contribution in [-0.4, -0.2) is 43.4 Å². The van der Waals surface area contributed by atoms with Crippen LogP contribution in [-0.2, 0) is 9.53 Å². The Morgan fingerprint density at radius 2 is 2.05 bits per heavy atom. The number of halogens is 3. The van der Waals surface area contributed by atoms with Gasteiger partial charge in [-0.25, -0.2) is 9.18 Å². The van der Waals surface area contributed by atoms with Crippen LogP contribution in [0.15, 0.2) is 18.2 Å². The molecule has 1 unspecified atom stereocenters. The van der Waals surface area contributed by atoms with Gasteiger partial charge in [0.15, 0.2) is 6.10 Å². The molecule has 116 valence electrons. The molecule has 0 bridgehead atoms. The van der Waals surface area contributed by atoms with Gasteiger partial charge in [-0.05, 0) is 12.1 Å². The highest BCUT2D eigenvalue weighted by Crippen LogP contribution is 2.22. The summed E-state index contributed by atoms with van der Waals surface area (Å²) in [6, 6.07) is 2.47. The largest absolute Gasteiger partial charge is 0.479 e. The van der Waals surface area contributed by atoms with Crippen molar-refractivity contribution in [2.24, 2.45) is 0 Å². The zero-order chi connectivity index (χ0) is 16.0. The topological polar surface area (TPSA) is 84.9 Å². The number of methoxy groups -OCH3 is 1. The predicted octanol–water partition coefficient (Wildman–Crippen LogP) is 1.26. The first-order valence-electron chi connectivity index (χ1n) is 5.63. The minimum Gasteiger partial charge on any atom is -0.479 e. The van der Waals surface area contributed by atoms with Crippen molar-refractivity contribution >= 4 is 11.9 Å². The molecule has 2 N–H and O–H groups in total. The zero-order valence-electron chi connectivity index (χ0n) is 10.8. The number of nitrogens with one attached hydrogen (secondary N) is 1. The second-order valence-corrected chi connectivity index (χ2v) is 3.79. The van der Waals surface area contributed by atoms with E-state index in [1.807, 2.05) is 0 Å². The Morgan fingerprint density at radius 3 is 2.57 bits per heavy atom. The van der Waals surface area contributed by atoms with Crippen LogP contribution < -0.4 is 10.1 Å². The third-order valence-corrected chi connectivity index (χ3v) is 2.41. The predicted molar refractivity (Wildman–Crippen MR) is 63.8 cm³/mol. The highest BCUT2D eigenvalue weighted by atomic mass is 19.3. The molecule has 0 saturated carbocycles. The molecule has 1 aromatic rings. The van der Waals surface area contributed by atoms with E-state index in [-0.39, 0.29) is 5.56 Å². The summed E-state index contributed by atoms with van der Waals surface area (Å²) in [6.07, 6.45) is -1.30. The average Bonchev–Trinajstić information content (AvgIpc) is 2.38. The van der Waals surface area contributed by atoms with E-state index in [1.165, 1.54) is 0 Å². The molecular formula is C12H12F3NO5. The van der Waals surface area contributed by atoms with Gasteiger partial charge in [-0.3, -0.25) is 4.79 Å². The number of benzene rings is 1. The van der Waals surface area contributed by atoms with Crippen LogP contribution in [0.1, 0.15) is 10.4 Å². The first-order chi connectivity index (χ1) is 9.85. The van der Waals surface area contributed by atoms with Crippen molar-refractivity contribution < 1.29 is 37.3 Å². The molecule has 1 amide bonds. The number of carbonyl (C=O) groups is 2. The molecule has 0 spiro atoms. The van der Waals surface area contributed by atoms with Gasteiger partial charge in [0, 0.05) is 13.2 Å². The highest BCUT2D eigenvalue weighted by molar-refractivity contribution is 5.97. The second-order valence-electron chi connectivity index (χ2n) is 3.79. The number of ether oxygens (including phenoxy) is 2. The van der Waals surface area contributed by atoms with Crippen LogP contribution >= 0.6 is 0 Å². The summed E-state index contributed by atoms with van der Waals surface area (Å²) < 4.78 is 46.0. The number of hydrogen-bond acceptors (Lipinski definition) is 4. The zero-order valence-corrected chi connectivity index (χ0v) is 10.8. The summed E-state index contributed by atoms with van der Waals surface area (Å²) in [7, 11) is 1.13. The van der Waals surface area contributed by atoms with E-state index < -0.39 is 42.7 Å². The van der Waals surface area contributed by atoms with E-state index in [4.69, 9.17) is 5.11 Å². The fraction of sp³-hybridized carbons (Fsp3) is 0.333. The van der Waals surface area contributed by atoms with Crippen LogP contribution in [0.2, 0.25) is 0 Å². The Kier molecular flexibility index (Phi) is 5.97. The Balaban J connectivity index is 2.84. The first kappa shape index (κ1) is 16.8. The van der Waals surface area contributed by atoms with Crippen LogP contribution in [0, 0.1) is 5.82 Å². The molecule has 0 aliphatic carbocycles. The van der Waals surface area contributed by atoms with Gasteiger partial charge < -0.3 is 19.9 Å². The van der Waals surface area contributed by atoms with Crippen molar-refractivity contribution in [1.82, 2.24) is 5.32 Å². The summed E-state index contributed by atoms with van der Waals surface area (Å²) in [5, 5.41) is 10.9. The standard InChI is InChI=1S/C12H12F3NO5/c1-20-9(11(18)19)5-16-10(17)7-3-2-6(13)4-8(7)21-12(14)15/h2-4,9,12H,5H2,1H3,(H,16,17)(H,18,19). The van der Waals surface area contributed by atoms with Crippen molar-refractivity contribution in [3.63, 3.8) is 0 Å². The van der Waals surface area contributed by atoms with Crippen molar-refractivity contribution in [3.8, 4) is 5.75 Å². The summed E-state index contributed by atoms with van der Waals surface area (Å²) in [5.74, 6) is -3.70. The maximum atomic E-state index is 13.0. The average molecular weight is 307 g/mol. The molecule has 1 atom stereocenters. The van der Waals surface area contributed by atoms with Gasteiger partial charge in [0.1, 0.15) is 11.6 Å². The highest BCUT2D eigenvalue weighted by Gasteiger charge is 2.20. The van der Waals surface area contributed by atoms with Crippen LogP contribution in [0.3, 0.4) is 0 Å². The van der Waals surface area contributed by atoms with E-state index in [0.717, 1.165) is 19.2 Å². The number of alkyl halides is 2. The van der Waals surface area contributed by atoms with Crippen LogP contribution in [0.25, 0.3) is 0 Å². The molecule has 0 fully saturated rings. The molecule has 0 heterocycles. The van der Waals surface area contributed by atoms with Gasteiger partial charge in [-0.2, -0.15) is 8.78 Å². The minimum atomic E-state index is -3.23. The molecule has 0 aromatic heterocycles. The van der Waals surface area contributed by atoms with Crippen LogP contribution in [0.5, 0.6) is 5.75 Å². The Bertz CT molecular complexity index is 524. The van der Waals surface area contributed by atoms with Crippen molar-refractivity contribution in [2.75, 3.05) is 13.7 Å². The molecule has 0 saturated heterocycles. The molecule has 0 aliphatic rings. The summed E-state index contributed by atoms with van der Waals surface area (Å²) in [5.41, 5.74) is -0.350. The van der Waals surface area contributed by atoms with Crippen molar-refractivity contribution in [3.05, 3.63) is 29.6 Å². The normalized spacial score (nSPS) is 12.0. The Hall–Kier alpha value is -2.29. The Morgan fingerprint density at radius 1 is 1.38 bits per heavy atom.